The number of carbonyl (C=O) groups is 1. The molecule has 4 heteroatoms. The Morgan fingerprint density at radius 2 is 1.89 bits per heavy atom. The number of benzene rings is 1. The SMILES string of the molecule is Cn1cc(NC(=O)NC(C)(C)C)c2ccccc21. The zero-order valence-electron chi connectivity index (χ0n) is 11.2. The van der Waals surface area contributed by atoms with Crippen LogP contribution in [0.2, 0.25) is 0 Å². The molecule has 0 unspecified atom stereocenters. The molecule has 0 aliphatic heterocycles. The zero-order chi connectivity index (χ0) is 13.3. The average molecular weight is 245 g/mol. The van der Waals surface area contributed by atoms with Gasteiger partial charge < -0.3 is 15.2 Å². The van der Waals surface area contributed by atoms with E-state index in [1.54, 1.807) is 0 Å². The summed E-state index contributed by atoms with van der Waals surface area (Å²) in [6.45, 7) is 5.86. The van der Waals surface area contributed by atoms with Crippen molar-refractivity contribution in [3.05, 3.63) is 30.5 Å². The van der Waals surface area contributed by atoms with Gasteiger partial charge in [0.1, 0.15) is 0 Å². The first-order valence-corrected chi connectivity index (χ1v) is 6.00. The maximum atomic E-state index is 11.8. The first kappa shape index (κ1) is 12.5. The first-order valence-electron chi connectivity index (χ1n) is 6.00. The van der Waals surface area contributed by atoms with Gasteiger partial charge in [0, 0.05) is 29.7 Å². The van der Waals surface area contributed by atoms with E-state index in [9.17, 15) is 4.79 Å². The smallest absolute Gasteiger partial charge is 0.319 e. The van der Waals surface area contributed by atoms with Crippen molar-refractivity contribution in [2.45, 2.75) is 26.3 Å². The molecule has 4 nitrogen and oxygen atoms in total. The molecule has 18 heavy (non-hydrogen) atoms. The monoisotopic (exact) mass is 245 g/mol. The quantitative estimate of drug-likeness (QED) is 0.796. The third-order valence-corrected chi connectivity index (χ3v) is 2.63. The summed E-state index contributed by atoms with van der Waals surface area (Å²) >= 11 is 0. The Morgan fingerprint density at radius 3 is 2.56 bits per heavy atom. The van der Waals surface area contributed by atoms with E-state index in [0.29, 0.717) is 0 Å². The molecule has 1 aromatic carbocycles. The number of nitrogens with zero attached hydrogens (tertiary/aromatic N) is 1. The fraction of sp³-hybridized carbons (Fsp3) is 0.357. The highest BCUT2D eigenvalue weighted by molar-refractivity contribution is 6.01. The molecule has 0 saturated carbocycles. The Hall–Kier alpha value is -1.97. The highest BCUT2D eigenvalue weighted by Gasteiger charge is 2.15. The molecule has 2 amide bonds. The number of para-hydroxylation sites is 1. The van der Waals surface area contributed by atoms with E-state index in [1.807, 2.05) is 62.8 Å². The van der Waals surface area contributed by atoms with E-state index in [4.69, 9.17) is 0 Å². The maximum Gasteiger partial charge on any atom is 0.319 e. The van der Waals surface area contributed by atoms with Crippen molar-refractivity contribution < 1.29 is 4.79 Å². The molecule has 1 heterocycles. The number of carbonyl (C=O) groups excluding carboxylic acids is 1. The van der Waals surface area contributed by atoms with Gasteiger partial charge in [0.25, 0.3) is 0 Å². The van der Waals surface area contributed by atoms with Crippen LogP contribution in [0.3, 0.4) is 0 Å². The Labute approximate surface area is 107 Å². The van der Waals surface area contributed by atoms with Crippen LogP contribution in [0.4, 0.5) is 10.5 Å². The molecule has 0 bridgehead atoms. The van der Waals surface area contributed by atoms with Gasteiger partial charge in [0.05, 0.1) is 5.69 Å². The summed E-state index contributed by atoms with van der Waals surface area (Å²) in [4.78, 5) is 11.8. The highest BCUT2D eigenvalue weighted by atomic mass is 16.2. The zero-order valence-corrected chi connectivity index (χ0v) is 11.2. The van der Waals surface area contributed by atoms with Crippen molar-refractivity contribution in [3.8, 4) is 0 Å². The topological polar surface area (TPSA) is 46.1 Å². The predicted molar refractivity (Wildman–Crippen MR) is 74.8 cm³/mol. The third kappa shape index (κ3) is 2.64. The van der Waals surface area contributed by atoms with Crippen molar-refractivity contribution in [2.24, 2.45) is 7.05 Å². The number of nitrogens with one attached hydrogen (secondary N) is 2. The number of hydrogen-bond acceptors (Lipinski definition) is 1. The number of rotatable bonds is 1. The first-order chi connectivity index (χ1) is 8.37. The van der Waals surface area contributed by atoms with Crippen LogP contribution >= 0.6 is 0 Å². The number of hydrogen-bond donors (Lipinski definition) is 2. The second-order valence-electron chi connectivity index (χ2n) is 5.50. The molecule has 0 spiro atoms. The number of anilines is 1. The van der Waals surface area contributed by atoms with E-state index in [2.05, 4.69) is 10.6 Å². The summed E-state index contributed by atoms with van der Waals surface area (Å²) < 4.78 is 2.00. The normalized spacial score (nSPS) is 11.6. The van der Waals surface area contributed by atoms with Gasteiger partial charge in [-0.25, -0.2) is 4.79 Å². The molecule has 2 aromatic rings. The van der Waals surface area contributed by atoms with Gasteiger partial charge in [-0.3, -0.25) is 0 Å². The van der Waals surface area contributed by atoms with Crippen molar-refractivity contribution in [1.29, 1.82) is 0 Å². The van der Waals surface area contributed by atoms with E-state index in [1.165, 1.54) is 0 Å². The summed E-state index contributed by atoms with van der Waals surface area (Å²) in [5.74, 6) is 0. The lowest BCUT2D eigenvalue weighted by atomic mass is 10.1. The minimum atomic E-state index is -0.241. The third-order valence-electron chi connectivity index (χ3n) is 2.63. The maximum absolute atomic E-state index is 11.8. The molecule has 0 aliphatic carbocycles. The Bertz CT molecular complexity index is 578. The van der Waals surface area contributed by atoms with Gasteiger partial charge in [0.2, 0.25) is 0 Å². The number of fused-ring (bicyclic) bond motifs is 1. The minimum absolute atomic E-state index is 0.182. The van der Waals surface area contributed by atoms with E-state index >= 15 is 0 Å². The van der Waals surface area contributed by atoms with Crippen LogP contribution in [-0.2, 0) is 7.05 Å². The molecule has 0 aliphatic rings. The van der Waals surface area contributed by atoms with Gasteiger partial charge in [0.15, 0.2) is 0 Å². The van der Waals surface area contributed by atoms with Crippen molar-refractivity contribution >= 4 is 22.6 Å². The summed E-state index contributed by atoms with van der Waals surface area (Å²) in [6.07, 6.45) is 1.92. The molecule has 2 N–H and O–H groups in total. The van der Waals surface area contributed by atoms with Gasteiger partial charge in [-0.1, -0.05) is 18.2 Å². The Morgan fingerprint density at radius 1 is 1.22 bits per heavy atom. The van der Waals surface area contributed by atoms with Crippen LogP contribution < -0.4 is 10.6 Å². The fourth-order valence-corrected chi connectivity index (χ4v) is 1.94. The van der Waals surface area contributed by atoms with Gasteiger partial charge >= 0.3 is 6.03 Å². The van der Waals surface area contributed by atoms with Crippen LogP contribution in [-0.4, -0.2) is 16.1 Å². The molecule has 1 aromatic heterocycles. The van der Waals surface area contributed by atoms with E-state index in [-0.39, 0.29) is 11.6 Å². The lowest BCUT2D eigenvalue weighted by molar-refractivity contribution is 0.244. The second-order valence-corrected chi connectivity index (χ2v) is 5.50. The van der Waals surface area contributed by atoms with E-state index in [0.717, 1.165) is 16.6 Å². The van der Waals surface area contributed by atoms with Crippen LogP contribution in [0.15, 0.2) is 30.5 Å². The van der Waals surface area contributed by atoms with Crippen molar-refractivity contribution in [2.75, 3.05) is 5.32 Å². The molecular weight excluding hydrogens is 226 g/mol. The highest BCUT2D eigenvalue weighted by Crippen LogP contribution is 2.24. The van der Waals surface area contributed by atoms with Crippen LogP contribution in [0, 0.1) is 0 Å². The number of aromatic nitrogens is 1. The Kier molecular flexibility index (Phi) is 3.03. The fourth-order valence-electron chi connectivity index (χ4n) is 1.94. The lowest BCUT2D eigenvalue weighted by Crippen LogP contribution is -2.43. The minimum Gasteiger partial charge on any atom is -0.348 e. The molecule has 0 atom stereocenters. The average Bonchev–Trinajstić information content (AvgIpc) is 2.54. The molecule has 0 fully saturated rings. The number of urea groups is 1. The summed E-state index contributed by atoms with van der Waals surface area (Å²) in [6, 6.07) is 7.81. The molecule has 2 rings (SSSR count). The van der Waals surface area contributed by atoms with Gasteiger partial charge in [-0.05, 0) is 26.8 Å². The lowest BCUT2D eigenvalue weighted by Gasteiger charge is -2.20. The van der Waals surface area contributed by atoms with Gasteiger partial charge in [-0.2, -0.15) is 0 Å². The van der Waals surface area contributed by atoms with Crippen LogP contribution in [0.1, 0.15) is 20.8 Å². The van der Waals surface area contributed by atoms with Gasteiger partial charge in [-0.15, -0.1) is 0 Å². The molecular formula is C14H19N3O. The summed E-state index contributed by atoms with van der Waals surface area (Å²) in [7, 11) is 1.97. The summed E-state index contributed by atoms with van der Waals surface area (Å²) in [5.41, 5.74) is 1.69. The Balaban J connectivity index is 2.25. The van der Waals surface area contributed by atoms with Crippen molar-refractivity contribution in [3.63, 3.8) is 0 Å². The predicted octanol–water partition coefficient (Wildman–Crippen LogP) is 3.10. The van der Waals surface area contributed by atoms with Crippen LogP contribution in [0.5, 0.6) is 0 Å². The standard InChI is InChI=1S/C14H19N3O/c1-14(2,3)16-13(18)15-11-9-17(4)12-8-6-5-7-10(11)12/h5-9H,1-4H3,(H2,15,16,18). The van der Waals surface area contributed by atoms with Crippen LogP contribution in [0.25, 0.3) is 10.9 Å². The molecule has 0 radical (unpaired) electrons. The second kappa shape index (κ2) is 4.37. The molecule has 0 saturated heterocycles. The van der Waals surface area contributed by atoms with E-state index < -0.39 is 0 Å². The van der Waals surface area contributed by atoms with Crippen molar-refractivity contribution in [1.82, 2.24) is 9.88 Å². The number of aryl methyl sites for hydroxylation is 1. The summed E-state index contributed by atoms with van der Waals surface area (Å²) in [5, 5.41) is 6.82. The molecule has 96 valence electrons. The number of amides is 2. The largest absolute Gasteiger partial charge is 0.348 e.